The van der Waals surface area contributed by atoms with Crippen molar-refractivity contribution in [1.82, 2.24) is 5.32 Å². The normalized spacial score (nSPS) is 20.7. The summed E-state index contributed by atoms with van der Waals surface area (Å²) in [4.78, 5) is 11.7. The van der Waals surface area contributed by atoms with Crippen molar-refractivity contribution in [3.05, 3.63) is 28.8 Å². The molecule has 1 aromatic carbocycles. The summed E-state index contributed by atoms with van der Waals surface area (Å²) in [6.07, 6.45) is -0.474. The molecule has 1 saturated heterocycles. The van der Waals surface area contributed by atoms with Gasteiger partial charge in [0.05, 0.1) is 12.6 Å². The largest absolute Gasteiger partial charge is 0.325 e. The summed E-state index contributed by atoms with van der Waals surface area (Å²) in [6.45, 7) is 1.38. The summed E-state index contributed by atoms with van der Waals surface area (Å²) in [5.41, 5.74) is 1.40. The summed E-state index contributed by atoms with van der Waals surface area (Å²) in [7, 11) is 0. The number of hydrogen-bond donors (Lipinski definition) is 2. The van der Waals surface area contributed by atoms with Gasteiger partial charge in [-0.1, -0.05) is 17.7 Å². The molecule has 1 unspecified atom stereocenters. The standard InChI is InChI=1S/C12H13ClF2N2O.ClH/c1-7-2-3-8(4-9(7)13)17-11(18)10-5-12(14,15)6-16-10;/h2-4,10,16H,5-6H2,1H3,(H,17,18);1H. The lowest BCUT2D eigenvalue weighted by Crippen LogP contribution is -2.35. The molecule has 0 radical (unpaired) electrons. The quantitative estimate of drug-likeness (QED) is 0.881. The van der Waals surface area contributed by atoms with Gasteiger partial charge < -0.3 is 5.32 Å². The molecule has 1 atom stereocenters. The second kappa shape index (κ2) is 6.03. The first-order valence-corrected chi connectivity index (χ1v) is 5.93. The topological polar surface area (TPSA) is 41.1 Å². The van der Waals surface area contributed by atoms with Crippen LogP contribution in [0.15, 0.2) is 18.2 Å². The van der Waals surface area contributed by atoms with Crippen LogP contribution in [0.3, 0.4) is 0 Å². The molecule has 0 bridgehead atoms. The van der Waals surface area contributed by atoms with Gasteiger partial charge in [-0.3, -0.25) is 10.1 Å². The van der Waals surface area contributed by atoms with Crippen molar-refractivity contribution in [3.8, 4) is 0 Å². The van der Waals surface area contributed by atoms with E-state index in [1.165, 1.54) is 0 Å². The Morgan fingerprint density at radius 2 is 2.21 bits per heavy atom. The highest BCUT2D eigenvalue weighted by atomic mass is 35.5. The number of anilines is 1. The molecule has 0 spiro atoms. The highest BCUT2D eigenvalue weighted by Gasteiger charge is 2.42. The fourth-order valence-electron chi connectivity index (χ4n) is 1.80. The number of amides is 1. The van der Waals surface area contributed by atoms with Gasteiger partial charge >= 0.3 is 0 Å². The molecular formula is C12H14Cl2F2N2O. The summed E-state index contributed by atoms with van der Waals surface area (Å²) in [5, 5.41) is 5.59. The average Bonchev–Trinajstić information content (AvgIpc) is 2.64. The van der Waals surface area contributed by atoms with Crippen LogP contribution in [0.25, 0.3) is 0 Å². The third kappa shape index (κ3) is 4.03. The zero-order chi connectivity index (χ0) is 13.3. The van der Waals surface area contributed by atoms with Crippen LogP contribution in [0.1, 0.15) is 12.0 Å². The van der Waals surface area contributed by atoms with Crippen molar-refractivity contribution >= 4 is 35.6 Å². The smallest absolute Gasteiger partial charge is 0.262 e. The molecule has 0 aliphatic carbocycles. The van der Waals surface area contributed by atoms with Crippen molar-refractivity contribution < 1.29 is 13.6 Å². The van der Waals surface area contributed by atoms with E-state index in [9.17, 15) is 13.6 Å². The van der Waals surface area contributed by atoms with E-state index >= 15 is 0 Å². The average molecular weight is 311 g/mol. The van der Waals surface area contributed by atoms with Crippen LogP contribution in [0, 0.1) is 6.92 Å². The minimum atomic E-state index is -2.81. The molecule has 19 heavy (non-hydrogen) atoms. The predicted molar refractivity (Wildman–Crippen MR) is 73.4 cm³/mol. The zero-order valence-electron chi connectivity index (χ0n) is 10.2. The Morgan fingerprint density at radius 3 is 2.74 bits per heavy atom. The second-order valence-electron chi connectivity index (χ2n) is 4.45. The zero-order valence-corrected chi connectivity index (χ0v) is 11.7. The second-order valence-corrected chi connectivity index (χ2v) is 4.85. The number of carbonyl (C=O) groups excluding carboxylic acids is 1. The van der Waals surface area contributed by atoms with Gasteiger partial charge in [-0.05, 0) is 24.6 Å². The molecule has 3 nitrogen and oxygen atoms in total. The Balaban J connectivity index is 0.00000180. The summed E-state index contributed by atoms with van der Waals surface area (Å²) >= 11 is 5.92. The highest BCUT2D eigenvalue weighted by Crippen LogP contribution is 2.26. The van der Waals surface area contributed by atoms with Crippen LogP contribution < -0.4 is 10.6 Å². The van der Waals surface area contributed by atoms with Crippen LogP contribution in [0.5, 0.6) is 0 Å². The van der Waals surface area contributed by atoms with E-state index in [0.717, 1.165) is 5.56 Å². The fraction of sp³-hybridized carbons (Fsp3) is 0.417. The number of carbonyl (C=O) groups is 1. The van der Waals surface area contributed by atoms with Crippen molar-refractivity contribution in [1.29, 1.82) is 0 Å². The van der Waals surface area contributed by atoms with Crippen molar-refractivity contribution in [2.24, 2.45) is 0 Å². The molecule has 1 heterocycles. The summed E-state index contributed by atoms with van der Waals surface area (Å²) in [6, 6.07) is 4.18. The number of halogens is 4. The van der Waals surface area contributed by atoms with Gasteiger partial charge in [0.2, 0.25) is 5.91 Å². The predicted octanol–water partition coefficient (Wildman–Crippen LogP) is 3.01. The maximum atomic E-state index is 12.9. The summed E-state index contributed by atoms with van der Waals surface area (Å²) in [5.74, 6) is -3.28. The van der Waals surface area contributed by atoms with Gasteiger partial charge in [-0.2, -0.15) is 0 Å². The monoisotopic (exact) mass is 310 g/mol. The van der Waals surface area contributed by atoms with Gasteiger partial charge in [0.1, 0.15) is 0 Å². The third-order valence-corrected chi connectivity index (χ3v) is 3.27. The number of hydrogen-bond acceptors (Lipinski definition) is 2. The van der Waals surface area contributed by atoms with Crippen molar-refractivity contribution in [3.63, 3.8) is 0 Å². The maximum absolute atomic E-state index is 12.9. The van der Waals surface area contributed by atoms with Gasteiger partial charge in [-0.25, -0.2) is 8.78 Å². The maximum Gasteiger partial charge on any atom is 0.262 e. The van der Waals surface area contributed by atoms with E-state index in [4.69, 9.17) is 11.6 Å². The van der Waals surface area contributed by atoms with Gasteiger partial charge in [0.25, 0.3) is 5.92 Å². The molecule has 0 saturated carbocycles. The van der Waals surface area contributed by atoms with Crippen LogP contribution in [0.2, 0.25) is 5.02 Å². The molecule has 7 heteroatoms. The Labute approximate surface area is 121 Å². The van der Waals surface area contributed by atoms with E-state index in [1.54, 1.807) is 18.2 Å². The molecule has 1 amide bonds. The third-order valence-electron chi connectivity index (χ3n) is 2.87. The Kier molecular flexibility index (Phi) is 5.12. The fourth-order valence-corrected chi connectivity index (χ4v) is 1.98. The van der Waals surface area contributed by atoms with E-state index in [1.807, 2.05) is 6.92 Å². The van der Waals surface area contributed by atoms with Gasteiger partial charge in [0, 0.05) is 17.1 Å². The Hall–Kier alpha value is -0.910. The van der Waals surface area contributed by atoms with Crippen LogP contribution in [-0.2, 0) is 4.79 Å². The lowest BCUT2D eigenvalue weighted by Gasteiger charge is -2.11. The van der Waals surface area contributed by atoms with Crippen LogP contribution in [0.4, 0.5) is 14.5 Å². The van der Waals surface area contributed by atoms with Gasteiger partial charge in [-0.15, -0.1) is 12.4 Å². The lowest BCUT2D eigenvalue weighted by atomic mass is 10.1. The minimum Gasteiger partial charge on any atom is -0.325 e. The number of alkyl halides is 2. The molecule has 2 rings (SSSR count). The van der Waals surface area contributed by atoms with E-state index in [2.05, 4.69) is 10.6 Å². The molecule has 2 N–H and O–H groups in total. The molecular weight excluding hydrogens is 297 g/mol. The molecule has 1 aliphatic rings. The first-order valence-electron chi connectivity index (χ1n) is 5.56. The minimum absolute atomic E-state index is 0. The highest BCUT2D eigenvalue weighted by molar-refractivity contribution is 6.31. The van der Waals surface area contributed by atoms with Crippen LogP contribution >= 0.6 is 24.0 Å². The summed E-state index contributed by atoms with van der Waals surface area (Å²) < 4.78 is 25.9. The van der Waals surface area contributed by atoms with Crippen molar-refractivity contribution in [2.45, 2.75) is 25.3 Å². The number of nitrogens with one attached hydrogen (secondary N) is 2. The van der Waals surface area contributed by atoms with E-state index < -0.39 is 30.8 Å². The molecule has 1 aliphatic heterocycles. The first-order chi connectivity index (χ1) is 8.37. The van der Waals surface area contributed by atoms with Crippen molar-refractivity contribution in [2.75, 3.05) is 11.9 Å². The molecule has 0 aromatic heterocycles. The Morgan fingerprint density at radius 1 is 1.53 bits per heavy atom. The molecule has 1 aromatic rings. The molecule has 1 fully saturated rings. The molecule has 106 valence electrons. The number of rotatable bonds is 2. The Bertz CT molecular complexity index is 483. The SMILES string of the molecule is Cc1ccc(NC(=O)C2CC(F)(F)CN2)cc1Cl.Cl. The first kappa shape index (κ1) is 16.1. The van der Waals surface area contributed by atoms with E-state index in [0.29, 0.717) is 10.7 Å². The van der Waals surface area contributed by atoms with E-state index in [-0.39, 0.29) is 12.4 Å². The van der Waals surface area contributed by atoms with Crippen LogP contribution in [-0.4, -0.2) is 24.4 Å². The number of aryl methyl sites for hydroxylation is 1. The number of benzene rings is 1. The lowest BCUT2D eigenvalue weighted by molar-refractivity contribution is -0.118. The van der Waals surface area contributed by atoms with Gasteiger partial charge in [0.15, 0.2) is 0 Å².